The van der Waals surface area contributed by atoms with Crippen LogP contribution < -0.4 is 29.6 Å². The molecule has 0 radical (unpaired) electrons. The SMILES string of the molecule is CCOC(=O)c1ccccc1S(=O)[O-].[Na+]. The molecule has 76 valence electrons. The minimum Gasteiger partial charge on any atom is -0.768 e. The van der Waals surface area contributed by atoms with Gasteiger partial charge in [-0.1, -0.05) is 12.1 Å². The van der Waals surface area contributed by atoms with Crippen molar-refractivity contribution >= 4 is 17.0 Å². The smallest absolute Gasteiger partial charge is 0.768 e. The fraction of sp³-hybridized carbons (Fsp3) is 0.222. The molecule has 0 bridgehead atoms. The van der Waals surface area contributed by atoms with Gasteiger partial charge in [-0.25, -0.2) is 4.79 Å². The van der Waals surface area contributed by atoms with Gasteiger partial charge in [-0.2, -0.15) is 0 Å². The van der Waals surface area contributed by atoms with Crippen molar-refractivity contribution in [1.29, 1.82) is 0 Å². The van der Waals surface area contributed by atoms with Crippen LogP contribution in [0, 0.1) is 0 Å². The average Bonchev–Trinajstić information content (AvgIpc) is 2.18. The fourth-order valence-corrected chi connectivity index (χ4v) is 1.51. The molecule has 0 saturated heterocycles. The van der Waals surface area contributed by atoms with E-state index in [4.69, 9.17) is 4.74 Å². The summed E-state index contributed by atoms with van der Waals surface area (Å²) >= 11 is -2.42. The zero-order valence-corrected chi connectivity index (χ0v) is 11.4. The van der Waals surface area contributed by atoms with Gasteiger partial charge in [0.25, 0.3) is 0 Å². The summed E-state index contributed by atoms with van der Waals surface area (Å²) in [5.41, 5.74) is 0.0719. The van der Waals surface area contributed by atoms with E-state index in [1.54, 1.807) is 19.1 Å². The molecule has 0 spiro atoms. The van der Waals surface area contributed by atoms with Crippen LogP contribution in [0.5, 0.6) is 0 Å². The second-order valence-corrected chi connectivity index (χ2v) is 3.36. The van der Waals surface area contributed by atoms with Crippen molar-refractivity contribution < 1.29 is 47.9 Å². The summed E-state index contributed by atoms with van der Waals surface area (Å²) in [4.78, 5) is 11.2. The molecule has 0 aliphatic rings. The molecule has 0 N–H and O–H groups in total. The number of benzene rings is 1. The van der Waals surface area contributed by atoms with Gasteiger partial charge in [-0.15, -0.1) is 0 Å². The van der Waals surface area contributed by atoms with Gasteiger partial charge in [0.1, 0.15) is 0 Å². The third-order valence-corrected chi connectivity index (χ3v) is 2.28. The number of carbonyl (C=O) groups excluding carboxylic acids is 1. The minimum absolute atomic E-state index is 0. The fourth-order valence-electron chi connectivity index (χ4n) is 0.989. The first-order chi connectivity index (χ1) is 6.66. The monoisotopic (exact) mass is 236 g/mol. The van der Waals surface area contributed by atoms with Crippen molar-refractivity contribution in [2.45, 2.75) is 11.8 Å². The number of rotatable bonds is 3. The maximum atomic E-state index is 11.3. The van der Waals surface area contributed by atoms with E-state index in [9.17, 15) is 13.6 Å². The van der Waals surface area contributed by atoms with Gasteiger partial charge in [0.15, 0.2) is 0 Å². The second-order valence-electron chi connectivity index (χ2n) is 2.45. The molecule has 1 aromatic rings. The zero-order chi connectivity index (χ0) is 10.6. The van der Waals surface area contributed by atoms with E-state index in [0.29, 0.717) is 0 Å². The second kappa shape index (κ2) is 7.14. The molecule has 1 rings (SSSR count). The van der Waals surface area contributed by atoms with Crippen LogP contribution in [0.3, 0.4) is 0 Å². The molecule has 4 nitrogen and oxygen atoms in total. The molecule has 0 heterocycles. The predicted molar refractivity (Wildman–Crippen MR) is 49.6 cm³/mol. The van der Waals surface area contributed by atoms with Crippen molar-refractivity contribution in [3.05, 3.63) is 29.8 Å². The van der Waals surface area contributed by atoms with Crippen LogP contribution in [0.25, 0.3) is 0 Å². The molecular formula is C9H9NaO4S. The first-order valence-electron chi connectivity index (χ1n) is 4.02. The Hall–Kier alpha value is -0.200. The molecule has 0 aliphatic carbocycles. The van der Waals surface area contributed by atoms with Gasteiger partial charge in [0, 0.05) is 4.90 Å². The van der Waals surface area contributed by atoms with Crippen LogP contribution in [0.4, 0.5) is 0 Å². The third-order valence-electron chi connectivity index (χ3n) is 1.56. The van der Waals surface area contributed by atoms with Gasteiger partial charge in [0.05, 0.1) is 12.2 Å². The predicted octanol–water partition coefficient (Wildman–Crippen LogP) is -1.89. The molecular weight excluding hydrogens is 227 g/mol. The van der Waals surface area contributed by atoms with Crippen LogP contribution >= 0.6 is 0 Å². The molecule has 0 aromatic heterocycles. The average molecular weight is 236 g/mol. The van der Waals surface area contributed by atoms with Gasteiger partial charge in [-0.05, 0) is 30.1 Å². The van der Waals surface area contributed by atoms with Gasteiger partial charge in [-0.3, -0.25) is 4.21 Å². The Morgan fingerprint density at radius 2 is 2.07 bits per heavy atom. The van der Waals surface area contributed by atoms with Gasteiger partial charge in [0.2, 0.25) is 0 Å². The van der Waals surface area contributed by atoms with E-state index in [-0.39, 0.29) is 46.6 Å². The van der Waals surface area contributed by atoms with E-state index in [1.807, 2.05) is 0 Å². The largest absolute Gasteiger partial charge is 1.00 e. The molecule has 1 atom stereocenters. The Labute approximate surface area is 113 Å². The maximum Gasteiger partial charge on any atom is 1.00 e. The molecule has 1 unspecified atom stereocenters. The molecule has 1 aromatic carbocycles. The number of hydrogen-bond acceptors (Lipinski definition) is 4. The van der Waals surface area contributed by atoms with Crippen molar-refractivity contribution in [1.82, 2.24) is 0 Å². The van der Waals surface area contributed by atoms with Crippen LogP contribution in [-0.4, -0.2) is 21.3 Å². The van der Waals surface area contributed by atoms with E-state index >= 15 is 0 Å². The number of carbonyl (C=O) groups is 1. The summed E-state index contributed by atoms with van der Waals surface area (Å²) in [5.74, 6) is -0.618. The van der Waals surface area contributed by atoms with Gasteiger partial charge < -0.3 is 9.29 Å². The summed E-state index contributed by atoms with van der Waals surface area (Å²) in [6, 6.07) is 5.91. The van der Waals surface area contributed by atoms with E-state index in [1.165, 1.54) is 12.1 Å². The van der Waals surface area contributed by atoms with Crippen molar-refractivity contribution in [2.75, 3.05) is 6.61 Å². The standard InChI is InChI=1S/C9H10O4S.Na/c1-2-13-9(10)7-5-3-4-6-8(7)14(11)12;/h3-6H,2H2,1H3,(H,11,12);/q;+1/p-1. The van der Waals surface area contributed by atoms with Crippen LogP contribution in [-0.2, 0) is 15.8 Å². The molecule has 0 aliphatic heterocycles. The normalized spacial score (nSPS) is 11.3. The van der Waals surface area contributed by atoms with E-state index < -0.39 is 17.0 Å². The van der Waals surface area contributed by atoms with Crippen LogP contribution in [0.2, 0.25) is 0 Å². The molecule has 6 heteroatoms. The summed E-state index contributed by atoms with van der Waals surface area (Å²) in [6.45, 7) is 1.88. The summed E-state index contributed by atoms with van der Waals surface area (Å²) < 4.78 is 26.2. The Bertz CT molecular complexity index is 367. The van der Waals surface area contributed by atoms with E-state index in [2.05, 4.69) is 0 Å². The minimum atomic E-state index is -2.42. The first-order valence-corrected chi connectivity index (χ1v) is 5.09. The molecule has 0 saturated carbocycles. The number of ether oxygens (including phenoxy) is 1. The van der Waals surface area contributed by atoms with Crippen LogP contribution in [0.1, 0.15) is 17.3 Å². The Kier molecular flexibility index (Phi) is 7.04. The topological polar surface area (TPSA) is 66.4 Å². The summed E-state index contributed by atoms with van der Waals surface area (Å²) in [6.07, 6.45) is 0. The van der Waals surface area contributed by atoms with Crippen LogP contribution in [0.15, 0.2) is 29.2 Å². The zero-order valence-electron chi connectivity index (χ0n) is 8.56. The van der Waals surface area contributed by atoms with E-state index in [0.717, 1.165) is 0 Å². The molecule has 0 amide bonds. The summed E-state index contributed by atoms with van der Waals surface area (Å²) in [7, 11) is 0. The Balaban J connectivity index is 0.00000196. The number of esters is 1. The summed E-state index contributed by atoms with van der Waals surface area (Å²) in [5, 5.41) is 0. The van der Waals surface area contributed by atoms with Gasteiger partial charge >= 0.3 is 35.5 Å². The Morgan fingerprint density at radius 3 is 2.60 bits per heavy atom. The van der Waals surface area contributed by atoms with Crippen molar-refractivity contribution in [2.24, 2.45) is 0 Å². The quantitative estimate of drug-likeness (QED) is 0.349. The Morgan fingerprint density at radius 1 is 1.47 bits per heavy atom. The molecule has 0 fully saturated rings. The van der Waals surface area contributed by atoms with Crippen molar-refractivity contribution in [3.8, 4) is 0 Å². The third kappa shape index (κ3) is 4.04. The first kappa shape index (κ1) is 14.8. The molecule has 15 heavy (non-hydrogen) atoms. The maximum absolute atomic E-state index is 11.3. The van der Waals surface area contributed by atoms with Crippen molar-refractivity contribution in [3.63, 3.8) is 0 Å². The number of hydrogen-bond donors (Lipinski definition) is 0.